The fraction of sp³-hybridized carbons (Fsp3) is 0.462. The Morgan fingerprint density at radius 2 is 2.22 bits per heavy atom. The lowest BCUT2D eigenvalue weighted by molar-refractivity contribution is 0.0344. The van der Waals surface area contributed by atoms with E-state index in [0.717, 1.165) is 17.8 Å². The van der Waals surface area contributed by atoms with E-state index in [1.54, 1.807) is 0 Å². The van der Waals surface area contributed by atoms with Crippen molar-refractivity contribution in [2.45, 2.75) is 26.0 Å². The van der Waals surface area contributed by atoms with Crippen LogP contribution >= 0.6 is 23.8 Å². The highest BCUT2D eigenvalue weighted by Crippen LogP contribution is 2.28. The van der Waals surface area contributed by atoms with Crippen LogP contribution in [0.15, 0.2) is 18.2 Å². The Morgan fingerprint density at radius 1 is 1.50 bits per heavy atom. The molecule has 2 rings (SSSR count). The number of nitrogens with two attached hydrogens (primary N) is 1. The Labute approximate surface area is 118 Å². The summed E-state index contributed by atoms with van der Waals surface area (Å²) < 4.78 is 5.63. The second-order valence-corrected chi connectivity index (χ2v) is 5.55. The van der Waals surface area contributed by atoms with Gasteiger partial charge in [-0.2, -0.15) is 0 Å². The molecule has 3 nitrogen and oxygen atoms in total. The number of nitrogens with zero attached hydrogens (tertiary/aromatic N) is 1. The first-order valence-electron chi connectivity index (χ1n) is 5.96. The van der Waals surface area contributed by atoms with E-state index in [0.29, 0.717) is 16.6 Å². The van der Waals surface area contributed by atoms with Crippen molar-refractivity contribution in [1.82, 2.24) is 0 Å². The van der Waals surface area contributed by atoms with Gasteiger partial charge in [0.15, 0.2) is 0 Å². The molecule has 2 unspecified atom stereocenters. The predicted octanol–water partition coefficient (Wildman–Crippen LogP) is 2.59. The summed E-state index contributed by atoms with van der Waals surface area (Å²) in [5.41, 5.74) is 7.65. The molecule has 1 saturated heterocycles. The molecule has 1 heterocycles. The van der Waals surface area contributed by atoms with Crippen LogP contribution in [0, 0.1) is 0 Å². The van der Waals surface area contributed by atoms with Gasteiger partial charge in [0.1, 0.15) is 4.99 Å². The standard InChI is InChI=1S/C13H17ClN2OS/c1-8-7-17-9(2)6-16(8)12-5-10(14)3-4-11(12)13(15)18/h3-5,8-9H,6-7H2,1-2H3,(H2,15,18). The van der Waals surface area contributed by atoms with Gasteiger partial charge in [-0.15, -0.1) is 0 Å². The Hall–Kier alpha value is -0.840. The summed E-state index contributed by atoms with van der Waals surface area (Å²) in [6.07, 6.45) is 0.194. The SMILES string of the molecule is CC1CN(c2cc(Cl)ccc2C(N)=S)C(C)CO1. The molecule has 0 aromatic heterocycles. The molecule has 1 fully saturated rings. The molecule has 0 saturated carbocycles. The first-order valence-corrected chi connectivity index (χ1v) is 6.75. The summed E-state index contributed by atoms with van der Waals surface area (Å²) >= 11 is 11.2. The van der Waals surface area contributed by atoms with Crippen molar-refractivity contribution >= 4 is 34.5 Å². The van der Waals surface area contributed by atoms with Crippen LogP contribution in [0.2, 0.25) is 5.02 Å². The lowest BCUT2D eigenvalue weighted by Crippen LogP contribution is -2.48. The smallest absolute Gasteiger partial charge is 0.106 e. The minimum Gasteiger partial charge on any atom is -0.389 e. The third-order valence-electron chi connectivity index (χ3n) is 3.14. The lowest BCUT2D eigenvalue weighted by atomic mass is 10.1. The topological polar surface area (TPSA) is 38.5 Å². The Bertz CT molecular complexity index is 466. The normalized spacial score (nSPS) is 24.1. The molecule has 0 spiro atoms. The summed E-state index contributed by atoms with van der Waals surface area (Å²) in [6.45, 7) is 5.70. The Balaban J connectivity index is 2.41. The van der Waals surface area contributed by atoms with Crippen molar-refractivity contribution in [2.24, 2.45) is 5.73 Å². The number of rotatable bonds is 2. The van der Waals surface area contributed by atoms with Gasteiger partial charge >= 0.3 is 0 Å². The Morgan fingerprint density at radius 3 is 2.89 bits per heavy atom. The van der Waals surface area contributed by atoms with E-state index < -0.39 is 0 Å². The number of ether oxygens (including phenoxy) is 1. The van der Waals surface area contributed by atoms with Crippen molar-refractivity contribution in [1.29, 1.82) is 0 Å². The van der Waals surface area contributed by atoms with Crippen molar-refractivity contribution < 1.29 is 4.74 Å². The van der Waals surface area contributed by atoms with Crippen molar-refractivity contribution in [2.75, 3.05) is 18.1 Å². The lowest BCUT2D eigenvalue weighted by Gasteiger charge is -2.39. The van der Waals surface area contributed by atoms with E-state index >= 15 is 0 Å². The molecule has 2 atom stereocenters. The summed E-state index contributed by atoms with van der Waals surface area (Å²) in [7, 11) is 0. The van der Waals surface area contributed by atoms with Crippen LogP contribution in [0.5, 0.6) is 0 Å². The molecule has 98 valence electrons. The average molecular weight is 285 g/mol. The molecule has 0 radical (unpaired) electrons. The van der Waals surface area contributed by atoms with Crippen molar-refractivity contribution in [3.63, 3.8) is 0 Å². The highest BCUT2D eigenvalue weighted by atomic mass is 35.5. The van der Waals surface area contributed by atoms with Gasteiger partial charge in [-0.25, -0.2) is 0 Å². The molecular weight excluding hydrogens is 268 g/mol. The third-order valence-corrected chi connectivity index (χ3v) is 3.60. The van der Waals surface area contributed by atoms with Gasteiger partial charge < -0.3 is 15.4 Å². The van der Waals surface area contributed by atoms with E-state index in [9.17, 15) is 0 Å². The van der Waals surface area contributed by atoms with Crippen LogP contribution in [-0.4, -0.2) is 30.3 Å². The summed E-state index contributed by atoms with van der Waals surface area (Å²) in [5, 5.41) is 0.691. The zero-order valence-corrected chi connectivity index (χ0v) is 12.1. The number of hydrogen-bond acceptors (Lipinski definition) is 3. The monoisotopic (exact) mass is 284 g/mol. The minimum absolute atomic E-state index is 0.194. The van der Waals surface area contributed by atoms with Gasteiger partial charge in [0.25, 0.3) is 0 Å². The van der Waals surface area contributed by atoms with Gasteiger partial charge in [0.05, 0.1) is 12.7 Å². The zero-order valence-electron chi connectivity index (χ0n) is 10.5. The summed E-state index contributed by atoms with van der Waals surface area (Å²) in [5.74, 6) is 0. The first kappa shape index (κ1) is 13.6. The number of hydrogen-bond donors (Lipinski definition) is 1. The van der Waals surface area contributed by atoms with Crippen LogP contribution in [0.1, 0.15) is 19.4 Å². The van der Waals surface area contributed by atoms with E-state index in [4.69, 9.17) is 34.3 Å². The zero-order chi connectivity index (χ0) is 13.3. The van der Waals surface area contributed by atoms with Crippen LogP contribution in [0.25, 0.3) is 0 Å². The number of halogens is 1. The van der Waals surface area contributed by atoms with E-state index in [1.807, 2.05) is 18.2 Å². The van der Waals surface area contributed by atoms with Crippen molar-refractivity contribution in [3.8, 4) is 0 Å². The quantitative estimate of drug-likeness (QED) is 0.847. The third kappa shape index (κ3) is 2.76. The fourth-order valence-corrected chi connectivity index (χ4v) is 2.53. The molecule has 5 heteroatoms. The van der Waals surface area contributed by atoms with Crippen LogP contribution < -0.4 is 10.6 Å². The Kier molecular flexibility index (Phi) is 4.10. The highest BCUT2D eigenvalue weighted by Gasteiger charge is 2.25. The molecule has 1 aliphatic rings. The molecule has 18 heavy (non-hydrogen) atoms. The molecule has 1 aromatic rings. The van der Waals surface area contributed by atoms with Gasteiger partial charge in [0.2, 0.25) is 0 Å². The van der Waals surface area contributed by atoms with E-state index in [1.165, 1.54) is 0 Å². The van der Waals surface area contributed by atoms with E-state index in [2.05, 4.69) is 18.7 Å². The maximum absolute atomic E-state index is 6.08. The molecule has 1 aliphatic heterocycles. The van der Waals surface area contributed by atoms with Crippen LogP contribution in [0.3, 0.4) is 0 Å². The van der Waals surface area contributed by atoms with Crippen LogP contribution in [0.4, 0.5) is 5.69 Å². The van der Waals surface area contributed by atoms with Crippen molar-refractivity contribution in [3.05, 3.63) is 28.8 Å². The minimum atomic E-state index is 0.194. The van der Waals surface area contributed by atoms with Gasteiger partial charge in [-0.1, -0.05) is 23.8 Å². The molecule has 1 aromatic carbocycles. The first-order chi connectivity index (χ1) is 8.49. The number of morpholine rings is 1. The predicted molar refractivity (Wildman–Crippen MR) is 79.6 cm³/mol. The number of benzene rings is 1. The summed E-state index contributed by atoms with van der Waals surface area (Å²) in [4.78, 5) is 2.65. The van der Waals surface area contributed by atoms with E-state index in [-0.39, 0.29) is 12.1 Å². The molecular formula is C13H17ClN2OS. The second kappa shape index (κ2) is 5.43. The summed E-state index contributed by atoms with van der Waals surface area (Å²) in [6, 6.07) is 5.90. The molecule has 2 N–H and O–H groups in total. The maximum Gasteiger partial charge on any atom is 0.106 e. The second-order valence-electron chi connectivity index (χ2n) is 4.67. The highest BCUT2D eigenvalue weighted by molar-refractivity contribution is 7.80. The average Bonchev–Trinajstić information content (AvgIpc) is 2.31. The molecule has 0 bridgehead atoms. The number of thiocarbonyl (C=S) groups is 1. The maximum atomic E-state index is 6.08. The van der Waals surface area contributed by atoms with Gasteiger partial charge in [-0.05, 0) is 32.0 Å². The van der Waals surface area contributed by atoms with Gasteiger partial charge in [-0.3, -0.25) is 0 Å². The van der Waals surface area contributed by atoms with Gasteiger partial charge in [0, 0.05) is 28.9 Å². The fourth-order valence-electron chi connectivity index (χ4n) is 2.19. The molecule has 0 aliphatic carbocycles. The number of anilines is 1. The largest absolute Gasteiger partial charge is 0.389 e. The van der Waals surface area contributed by atoms with Crippen LogP contribution in [-0.2, 0) is 4.74 Å². The molecule has 0 amide bonds.